The number of ether oxygens (including phenoxy) is 1. The van der Waals surface area contributed by atoms with E-state index in [1.807, 2.05) is 29.2 Å². The third-order valence-electron chi connectivity index (χ3n) is 4.99. The maximum atomic E-state index is 6.00. The molecule has 0 bridgehead atoms. The van der Waals surface area contributed by atoms with Crippen LogP contribution in [0.4, 0.5) is 5.69 Å². The number of anilines is 1. The van der Waals surface area contributed by atoms with E-state index in [4.69, 9.17) is 29.2 Å². The largest absolute Gasteiger partial charge is 0.494 e. The van der Waals surface area contributed by atoms with Gasteiger partial charge in [-0.05, 0) is 29.7 Å². The fourth-order valence-corrected chi connectivity index (χ4v) is 5.84. The van der Waals surface area contributed by atoms with E-state index in [0.717, 1.165) is 44.4 Å². The van der Waals surface area contributed by atoms with Gasteiger partial charge in [-0.3, -0.25) is 4.90 Å². The van der Waals surface area contributed by atoms with Crippen molar-refractivity contribution in [2.45, 2.75) is 78.1 Å². The molecule has 6 heteroatoms. The molecule has 0 radical (unpaired) electrons. The molecular weight excluding hydrogens is 447 g/mol. The molecule has 0 aromatic heterocycles. The van der Waals surface area contributed by atoms with Gasteiger partial charge < -0.3 is 4.74 Å². The standard InChI is InChI=1S/C24H35NOS4/c1-3-5-6-7-8-9-10-11-12-13-17-26-21-16-14-15-20(18-21)25-23(27)22(19-29-4-2)30-24(25)28/h14-16,18-19H,3-13,17H2,1-2H3/b22-19+. The Morgan fingerprint density at radius 2 is 1.63 bits per heavy atom. The summed E-state index contributed by atoms with van der Waals surface area (Å²) in [6.07, 6.45) is 13.3. The molecule has 2 rings (SSSR count). The van der Waals surface area contributed by atoms with Crippen molar-refractivity contribution in [2.24, 2.45) is 0 Å². The van der Waals surface area contributed by atoms with Gasteiger partial charge in [0, 0.05) is 6.07 Å². The topological polar surface area (TPSA) is 12.5 Å². The Kier molecular flexibility index (Phi) is 13.1. The number of benzene rings is 1. The molecule has 0 atom stereocenters. The molecule has 1 saturated heterocycles. The first-order valence-electron chi connectivity index (χ1n) is 11.3. The number of unbranched alkanes of at least 4 members (excludes halogenated alkanes) is 9. The minimum atomic E-state index is 0.766. The summed E-state index contributed by atoms with van der Waals surface area (Å²) in [5.41, 5.74) is 0.989. The number of thiocarbonyl (C=S) groups is 2. The first-order valence-corrected chi connectivity index (χ1v) is 14.0. The Labute approximate surface area is 202 Å². The SMILES string of the molecule is CCCCCCCCCCCCOc1cccc(N2C(=S)S/C(=C/SCC)C2=S)c1. The second kappa shape index (κ2) is 15.3. The minimum Gasteiger partial charge on any atom is -0.494 e. The number of hydrogen-bond acceptors (Lipinski definition) is 5. The molecule has 1 aromatic carbocycles. The average molecular weight is 482 g/mol. The van der Waals surface area contributed by atoms with E-state index in [1.54, 1.807) is 23.5 Å². The third kappa shape index (κ3) is 8.89. The van der Waals surface area contributed by atoms with Crippen LogP contribution in [0.15, 0.2) is 34.6 Å². The van der Waals surface area contributed by atoms with Crippen LogP contribution >= 0.6 is 48.0 Å². The Morgan fingerprint density at radius 1 is 0.967 bits per heavy atom. The summed E-state index contributed by atoms with van der Waals surface area (Å²) in [7, 11) is 0. The molecule has 2 nitrogen and oxygen atoms in total. The zero-order valence-electron chi connectivity index (χ0n) is 18.4. The highest BCUT2D eigenvalue weighted by molar-refractivity contribution is 8.28. The summed E-state index contributed by atoms with van der Waals surface area (Å²) >= 11 is 14.6. The van der Waals surface area contributed by atoms with Gasteiger partial charge in [-0.15, -0.1) is 11.8 Å². The second-order valence-corrected chi connectivity index (χ2v) is 10.7. The van der Waals surface area contributed by atoms with E-state index in [2.05, 4.69) is 19.3 Å². The first-order chi connectivity index (χ1) is 14.7. The smallest absolute Gasteiger partial charge is 0.151 e. The maximum absolute atomic E-state index is 6.00. The van der Waals surface area contributed by atoms with Crippen molar-refractivity contribution < 1.29 is 4.74 Å². The molecule has 0 amide bonds. The Bertz CT molecular complexity index is 704. The Hall–Kier alpha value is -0.560. The average Bonchev–Trinajstić information content (AvgIpc) is 3.03. The summed E-state index contributed by atoms with van der Waals surface area (Å²) in [5.74, 6) is 1.92. The first kappa shape index (κ1) is 25.7. The highest BCUT2D eigenvalue weighted by atomic mass is 32.2. The molecular formula is C24H35NOS4. The van der Waals surface area contributed by atoms with E-state index >= 15 is 0 Å². The van der Waals surface area contributed by atoms with Crippen molar-refractivity contribution in [1.82, 2.24) is 0 Å². The van der Waals surface area contributed by atoms with Gasteiger partial charge in [0.1, 0.15) is 10.7 Å². The number of thioether (sulfide) groups is 2. The van der Waals surface area contributed by atoms with Crippen molar-refractivity contribution in [3.8, 4) is 5.75 Å². The third-order valence-corrected chi connectivity index (χ3v) is 7.73. The van der Waals surface area contributed by atoms with Crippen LogP contribution in [0, 0.1) is 0 Å². The zero-order valence-corrected chi connectivity index (χ0v) is 21.6. The van der Waals surface area contributed by atoms with Crippen LogP contribution in [-0.4, -0.2) is 21.7 Å². The van der Waals surface area contributed by atoms with E-state index < -0.39 is 0 Å². The molecule has 1 heterocycles. The van der Waals surface area contributed by atoms with Crippen molar-refractivity contribution >= 4 is 63.0 Å². The van der Waals surface area contributed by atoms with Gasteiger partial charge in [0.05, 0.1) is 17.2 Å². The Balaban J connectivity index is 1.70. The van der Waals surface area contributed by atoms with Crippen molar-refractivity contribution in [3.05, 3.63) is 34.6 Å². The number of nitrogens with zero attached hydrogens (tertiary/aromatic N) is 1. The fourth-order valence-electron chi connectivity index (χ4n) is 3.32. The van der Waals surface area contributed by atoms with Crippen molar-refractivity contribution in [3.63, 3.8) is 0 Å². The summed E-state index contributed by atoms with van der Waals surface area (Å²) in [4.78, 5) is 3.83. The summed E-state index contributed by atoms with van der Waals surface area (Å²) in [6, 6.07) is 8.12. The van der Waals surface area contributed by atoms with E-state index in [0.29, 0.717) is 0 Å². The minimum absolute atomic E-state index is 0.766. The highest BCUT2D eigenvalue weighted by Crippen LogP contribution is 2.38. The molecule has 1 fully saturated rings. The van der Waals surface area contributed by atoms with Crippen LogP contribution in [0.3, 0.4) is 0 Å². The lowest BCUT2D eigenvalue weighted by atomic mass is 10.1. The van der Waals surface area contributed by atoms with Crippen LogP contribution in [0.2, 0.25) is 0 Å². The lowest BCUT2D eigenvalue weighted by Crippen LogP contribution is -2.26. The van der Waals surface area contributed by atoms with Gasteiger partial charge in [-0.2, -0.15) is 0 Å². The number of rotatable bonds is 15. The molecule has 1 aliphatic rings. The van der Waals surface area contributed by atoms with Gasteiger partial charge in [-0.1, -0.05) is 114 Å². The molecule has 1 aliphatic heterocycles. The van der Waals surface area contributed by atoms with E-state index in [1.165, 1.54) is 57.8 Å². The second-order valence-electron chi connectivity index (χ2n) is 7.47. The quantitative estimate of drug-likeness (QED) is 0.140. The van der Waals surface area contributed by atoms with Gasteiger partial charge in [0.15, 0.2) is 4.32 Å². The number of hydrogen-bond donors (Lipinski definition) is 0. The molecule has 30 heavy (non-hydrogen) atoms. The normalized spacial score (nSPS) is 15.4. The van der Waals surface area contributed by atoms with Gasteiger partial charge in [-0.25, -0.2) is 0 Å². The van der Waals surface area contributed by atoms with Crippen molar-refractivity contribution in [2.75, 3.05) is 17.3 Å². The molecule has 1 aromatic rings. The molecule has 0 N–H and O–H groups in total. The molecule has 0 spiro atoms. The molecule has 0 saturated carbocycles. The lowest BCUT2D eigenvalue weighted by Gasteiger charge is -2.18. The molecule has 0 unspecified atom stereocenters. The van der Waals surface area contributed by atoms with Crippen LogP contribution in [0.5, 0.6) is 5.75 Å². The monoisotopic (exact) mass is 481 g/mol. The van der Waals surface area contributed by atoms with Gasteiger partial charge in [0.2, 0.25) is 0 Å². The highest BCUT2D eigenvalue weighted by Gasteiger charge is 2.29. The van der Waals surface area contributed by atoms with E-state index in [9.17, 15) is 0 Å². The maximum Gasteiger partial charge on any atom is 0.151 e. The summed E-state index contributed by atoms with van der Waals surface area (Å²) < 4.78 is 6.79. The van der Waals surface area contributed by atoms with Gasteiger partial charge >= 0.3 is 0 Å². The van der Waals surface area contributed by atoms with Crippen LogP contribution in [0.25, 0.3) is 0 Å². The summed E-state index contributed by atoms with van der Waals surface area (Å²) in [6.45, 7) is 5.17. The predicted octanol–water partition coefficient (Wildman–Crippen LogP) is 8.75. The van der Waals surface area contributed by atoms with Crippen molar-refractivity contribution in [1.29, 1.82) is 0 Å². The fraction of sp³-hybridized carbons (Fsp3) is 0.583. The summed E-state index contributed by atoms with van der Waals surface area (Å²) in [5, 5.41) is 2.12. The van der Waals surface area contributed by atoms with Crippen LogP contribution in [0.1, 0.15) is 78.1 Å². The molecule has 166 valence electrons. The van der Waals surface area contributed by atoms with Crippen LogP contribution in [-0.2, 0) is 0 Å². The lowest BCUT2D eigenvalue weighted by molar-refractivity contribution is 0.304. The predicted molar refractivity (Wildman–Crippen MR) is 145 cm³/mol. The zero-order chi connectivity index (χ0) is 21.6. The Morgan fingerprint density at radius 3 is 2.30 bits per heavy atom. The van der Waals surface area contributed by atoms with E-state index in [-0.39, 0.29) is 0 Å². The van der Waals surface area contributed by atoms with Crippen LogP contribution < -0.4 is 9.64 Å². The molecule has 0 aliphatic carbocycles. The van der Waals surface area contributed by atoms with Gasteiger partial charge in [0.25, 0.3) is 0 Å².